The summed E-state index contributed by atoms with van der Waals surface area (Å²) in [6.45, 7) is 6.00. The fraction of sp³-hybridized carbons (Fsp3) is 0.700. The van der Waals surface area contributed by atoms with E-state index in [1.807, 2.05) is 0 Å². The first kappa shape index (κ1) is 23.4. The van der Waals surface area contributed by atoms with Gasteiger partial charge in [-0.25, -0.2) is 0 Å². The van der Waals surface area contributed by atoms with Crippen LogP contribution in [-0.4, -0.2) is 31.7 Å². The summed E-state index contributed by atoms with van der Waals surface area (Å²) in [5.41, 5.74) is 0. The smallest absolute Gasteiger partial charge is 0.216 e. The maximum absolute atomic E-state index is 9.70. The zero-order valence-corrected chi connectivity index (χ0v) is 9.72. The van der Waals surface area contributed by atoms with E-state index in [1.54, 1.807) is 14.1 Å². The molecule has 0 fully saturated rings. The Kier molecular flexibility index (Phi) is 28.8. The molecular weight excluding hydrogens is 196 g/mol. The molecule has 0 aromatic carbocycles. The van der Waals surface area contributed by atoms with Crippen LogP contribution in [0.5, 0.6) is 0 Å². The lowest BCUT2D eigenvalue weighted by Crippen LogP contribution is -2.11. The van der Waals surface area contributed by atoms with Crippen molar-refractivity contribution in [1.82, 2.24) is 10.6 Å². The molecule has 2 amide bonds. The molecule has 0 bridgehead atoms. The predicted molar refractivity (Wildman–Crippen MR) is 62.6 cm³/mol. The minimum Gasteiger partial charge on any atom is -0.359 e. The normalized spacial score (nSPS) is 6.27. The highest BCUT2D eigenvalue weighted by Crippen LogP contribution is 1.50. The fourth-order valence-corrected chi connectivity index (χ4v) is 0. The molecule has 0 spiro atoms. The maximum atomic E-state index is 9.70. The van der Waals surface area contributed by atoms with Crippen LogP contribution < -0.4 is 10.6 Å². The zero-order chi connectivity index (χ0) is 12.1. The average Bonchev–Trinajstić information content (AvgIpc) is 2.04. The minimum atomic E-state index is 0. The van der Waals surface area contributed by atoms with Gasteiger partial charge < -0.3 is 15.4 Å². The van der Waals surface area contributed by atoms with Crippen molar-refractivity contribution in [3.05, 3.63) is 0 Å². The van der Waals surface area contributed by atoms with Crippen molar-refractivity contribution in [3.63, 3.8) is 0 Å². The summed E-state index contributed by atoms with van der Waals surface area (Å²) >= 11 is 0. The average molecular weight is 220 g/mol. The molecule has 2 N–H and O–H groups in total. The molecule has 5 nitrogen and oxygen atoms in total. The van der Waals surface area contributed by atoms with Crippen molar-refractivity contribution in [3.8, 4) is 0 Å². The van der Waals surface area contributed by atoms with Crippen molar-refractivity contribution < 1.29 is 14.4 Å². The number of carbonyl (C=O) groups is 3. The van der Waals surface area contributed by atoms with Crippen molar-refractivity contribution in [2.75, 3.05) is 14.1 Å². The van der Waals surface area contributed by atoms with E-state index in [4.69, 9.17) is 0 Å². The van der Waals surface area contributed by atoms with Crippen molar-refractivity contribution >= 4 is 17.6 Å². The van der Waals surface area contributed by atoms with E-state index < -0.39 is 0 Å². The van der Waals surface area contributed by atoms with Gasteiger partial charge in [-0.05, 0) is 13.8 Å². The molecule has 0 aromatic rings. The standard InChI is InChI=1S/2C3H7NO.C3H6O.CH4/c2*1-3(5)4-2;1-3(2)4;/h2*1-2H3,(H,4,5);1-2H3;1H4. The highest BCUT2D eigenvalue weighted by atomic mass is 16.2. The number of amides is 2. The van der Waals surface area contributed by atoms with E-state index in [0.29, 0.717) is 0 Å². The van der Waals surface area contributed by atoms with Gasteiger partial charge in [-0.2, -0.15) is 0 Å². The molecule has 0 rings (SSSR count). The SMILES string of the molecule is C.CC(C)=O.CNC(C)=O.CNC(C)=O. The molecule has 0 saturated heterocycles. The maximum Gasteiger partial charge on any atom is 0.216 e. The van der Waals surface area contributed by atoms with Crippen molar-refractivity contribution in [2.24, 2.45) is 0 Å². The van der Waals surface area contributed by atoms with E-state index in [2.05, 4.69) is 10.6 Å². The lowest BCUT2D eigenvalue weighted by Gasteiger charge is -1.80. The summed E-state index contributed by atoms with van der Waals surface area (Å²) in [7, 11) is 3.20. The lowest BCUT2D eigenvalue weighted by molar-refractivity contribution is -0.119. The molecule has 0 aliphatic carbocycles. The van der Waals surface area contributed by atoms with Gasteiger partial charge in [0.2, 0.25) is 11.8 Å². The number of Topliss-reactive ketones (excluding diaryl/α,β-unsaturated/α-hetero) is 1. The quantitative estimate of drug-likeness (QED) is 0.632. The predicted octanol–water partition coefficient (Wildman–Crippen LogP) is 0.736. The minimum absolute atomic E-state index is 0. The first-order chi connectivity index (χ1) is 6.27. The third kappa shape index (κ3) is 208. The molecule has 0 aliphatic heterocycles. The largest absolute Gasteiger partial charge is 0.359 e. The van der Waals surface area contributed by atoms with Gasteiger partial charge in [-0.3, -0.25) is 9.59 Å². The third-order valence-corrected chi connectivity index (χ3v) is 0.704. The van der Waals surface area contributed by atoms with Crippen LogP contribution in [0.1, 0.15) is 35.1 Å². The Labute approximate surface area is 92.6 Å². The van der Waals surface area contributed by atoms with Gasteiger partial charge in [-0.15, -0.1) is 0 Å². The van der Waals surface area contributed by atoms with E-state index in [1.165, 1.54) is 27.7 Å². The van der Waals surface area contributed by atoms with Crippen LogP contribution in [0.3, 0.4) is 0 Å². The van der Waals surface area contributed by atoms with E-state index in [-0.39, 0.29) is 25.0 Å². The van der Waals surface area contributed by atoms with Gasteiger partial charge in [0.25, 0.3) is 0 Å². The summed E-state index contributed by atoms with van der Waals surface area (Å²) in [5, 5.41) is 4.78. The Morgan fingerprint density at radius 1 is 0.733 bits per heavy atom. The van der Waals surface area contributed by atoms with Crippen LogP contribution in [0.4, 0.5) is 0 Å². The van der Waals surface area contributed by atoms with Crippen LogP contribution in [0.15, 0.2) is 0 Å². The monoisotopic (exact) mass is 220 g/mol. The molecular formula is C10H24N2O3. The second-order valence-corrected chi connectivity index (χ2v) is 2.52. The number of nitrogens with one attached hydrogen (secondary N) is 2. The van der Waals surface area contributed by atoms with Gasteiger partial charge in [0, 0.05) is 27.9 Å². The van der Waals surface area contributed by atoms with Crippen LogP contribution in [0, 0.1) is 0 Å². The van der Waals surface area contributed by atoms with Gasteiger partial charge >= 0.3 is 0 Å². The number of ketones is 1. The first-order valence-electron chi connectivity index (χ1n) is 4.11. The molecule has 0 atom stereocenters. The molecule has 0 aromatic heterocycles. The summed E-state index contributed by atoms with van der Waals surface area (Å²) in [4.78, 5) is 28.8. The summed E-state index contributed by atoms with van der Waals surface area (Å²) < 4.78 is 0. The molecule has 0 saturated carbocycles. The summed E-state index contributed by atoms with van der Waals surface area (Å²) in [5.74, 6) is 0.176. The molecule has 5 heteroatoms. The van der Waals surface area contributed by atoms with Crippen LogP contribution in [0.25, 0.3) is 0 Å². The Hall–Kier alpha value is -1.39. The number of hydrogen-bond acceptors (Lipinski definition) is 3. The third-order valence-electron chi connectivity index (χ3n) is 0.704. The number of rotatable bonds is 0. The Morgan fingerprint density at radius 3 is 0.800 bits per heavy atom. The number of hydrogen-bond donors (Lipinski definition) is 2. The van der Waals surface area contributed by atoms with Gasteiger partial charge in [0.05, 0.1) is 0 Å². The molecule has 0 aliphatic rings. The van der Waals surface area contributed by atoms with Crippen LogP contribution >= 0.6 is 0 Å². The topological polar surface area (TPSA) is 75.3 Å². The molecule has 92 valence electrons. The molecule has 0 unspecified atom stereocenters. The second kappa shape index (κ2) is 18.4. The molecule has 15 heavy (non-hydrogen) atoms. The molecule has 0 heterocycles. The van der Waals surface area contributed by atoms with Gasteiger partial charge in [0.1, 0.15) is 5.78 Å². The van der Waals surface area contributed by atoms with E-state index in [9.17, 15) is 14.4 Å². The zero-order valence-electron chi connectivity index (χ0n) is 9.72. The van der Waals surface area contributed by atoms with Crippen LogP contribution in [-0.2, 0) is 14.4 Å². The van der Waals surface area contributed by atoms with Crippen molar-refractivity contribution in [2.45, 2.75) is 35.1 Å². The van der Waals surface area contributed by atoms with Crippen molar-refractivity contribution in [1.29, 1.82) is 0 Å². The summed E-state index contributed by atoms with van der Waals surface area (Å²) in [6, 6.07) is 0. The lowest BCUT2D eigenvalue weighted by atomic mass is 10.6. The highest BCUT2D eigenvalue weighted by molar-refractivity contribution is 5.72. The van der Waals surface area contributed by atoms with Crippen LogP contribution in [0.2, 0.25) is 0 Å². The highest BCUT2D eigenvalue weighted by Gasteiger charge is 1.73. The fourth-order valence-electron chi connectivity index (χ4n) is 0. The number of carbonyl (C=O) groups excluding carboxylic acids is 3. The van der Waals surface area contributed by atoms with Gasteiger partial charge in [-0.1, -0.05) is 7.43 Å². The van der Waals surface area contributed by atoms with E-state index in [0.717, 1.165) is 0 Å². The first-order valence-corrected chi connectivity index (χ1v) is 4.11. The Balaban J connectivity index is -0.0000000590. The molecule has 0 radical (unpaired) electrons. The Morgan fingerprint density at radius 2 is 0.800 bits per heavy atom. The summed E-state index contributed by atoms with van der Waals surface area (Å²) in [6.07, 6.45) is 0. The Bertz CT molecular complexity index is 162. The second-order valence-electron chi connectivity index (χ2n) is 2.52. The van der Waals surface area contributed by atoms with E-state index >= 15 is 0 Å². The van der Waals surface area contributed by atoms with Gasteiger partial charge in [0.15, 0.2) is 0 Å².